The fourth-order valence-electron chi connectivity index (χ4n) is 2.87. The molecule has 0 fully saturated rings. The van der Waals surface area contributed by atoms with E-state index < -0.39 is 0 Å². The molecule has 4 nitrogen and oxygen atoms in total. The fraction of sp³-hybridized carbons (Fsp3) is 0.100. The molecule has 0 saturated carbocycles. The van der Waals surface area contributed by atoms with Crippen molar-refractivity contribution in [3.8, 4) is 22.6 Å². The van der Waals surface area contributed by atoms with Crippen molar-refractivity contribution >= 4 is 11.0 Å². The molecule has 4 rings (SSSR count). The van der Waals surface area contributed by atoms with Gasteiger partial charge in [-0.25, -0.2) is 0 Å². The number of hydrogen-bond donors (Lipinski definition) is 1. The van der Waals surface area contributed by atoms with Crippen LogP contribution in [0.3, 0.4) is 0 Å². The summed E-state index contributed by atoms with van der Waals surface area (Å²) >= 11 is 0. The van der Waals surface area contributed by atoms with Crippen LogP contribution in [0, 0.1) is 13.8 Å². The van der Waals surface area contributed by atoms with E-state index in [1.807, 2.05) is 68.4 Å². The Bertz CT molecular complexity index is 1020. The smallest absolute Gasteiger partial charge is 0.123 e. The fourth-order valence-corrected chi connectivity index (χ4v) is 2.87. The molecule has 3 aromatic carbocycles. The molecule has 0 unspecified atom stereocenters. The summed E-state index contributed by atoms with van der Waals surface area (Å²) in [5, 5.41) is 19.5. The Balaban J connectivity index is 1.98. The van der Waals surface area contributed by atoms with Gasteiger partial charge in [0.25, 0.3) is 0 Å². The van der Waals surface area contributed by atoms with Crippen molar-refractivity contribution in [2.24, 2.45) is 0 Å². The predicted octanol–water partition coefficient (Wildman–Crippen LogP) is 4.41. The number of fused-ring (bicyclic) bond motifs is 1. The first kappa shape index (κ1) is 14.5. The van der Waals surface area contributed by atoms with Crippen LogP contribution in [0.1, 0.15) is 11.1 Å². The largest absolute Gasteiger partial charge is 0.507 e. The van der Waals surface area contributed by atoms with Gasteiger partial charge in [-0.15, -0.1) is 15.0 Å². The molecule has 0 bridgehead atoms. The lowest BCUT2D eigenvalue weighted by molar-refractivity contribution is 0.477. The van der Waals surface area contributed by atoms with Gasteiger partial charge in [0.2, 0.25) is 0 Å². The lowest BCUT2D eigenvalue weighted by Crippen LogP contribution is -2.02. The first-order valence-electron chi connectivity index (χ1n) is 7.85. The van der Waals surface area contributed by atoms with Crippen LogP contribution in [0.4, 0.5) is 0 Å². The first-order chi connectivity index (χ1) is 11.6. The summed E-state index contributed by atoms with van der Waals surface area (Å²) in [6.45, 7) is 4.05. The Labute approximate surface area is 140 Å². The highest BCUT2D eigenvalue weighted by molar-refractivity contribution is 5.79. The van der Waals surface area contributed by atoms with Crippen LogP contribution >= 0.6 is 0 Å². The van der Waals surface area contributed by atoms with E-state index in [0.29, 0.717) is 0 Å². The van der Waals surface area contributed by atoms with Crippen LogP contribution in [0.5, 0.6) is 5.75 Å². The number of phenolic OH excluding ortho intramolecular Hbond substituents is 1. The summed E-state index contributed by atoms with van der Waals surface area (Å²) in [6.07, 6.45) is 0. The zero-order chi connectivity index (χ0) is 16.7. The average molecular weight is 315 g/mol. The second kappa shape index (κ2) is 5.49. The highest BCUT2D eigenvalue weighted by Gasteiger charge is 2.14. The SMILES string of the molecule is Cc1ccc(O)c(-c2ccc(C)cc2-n2nc3ccccc3n2)c1. The standard InChI is InChI=1S/C20H17N3O/c1-13-8-10-20(24)16(11-13)15-9-7-14(2)12-19(15)23-21-17-5-3-4-6-18(17)22-23/h3-12,24H,1-2H3. The van der Waals surface area contributed by atoms with E-state index in [1.165, 1.54) is 0 Å². The highest BCUT2D eigenvalue weighted by Crippen LogP contribution is 2.34. The third kappa shape index (κ3) is 2.42. The predicted molar refractivity (Wildman–Crippen MR) is 95.4 cm³/mol. The van der Waals surface area contributed by atoms with Crippen molar-refractivity contribution in [2.75, 3.05) is 0 Å². The van der Waals surface area contributed by atoms with E-state index in [2.05, 4.69) is 10.2 Å². The Morgan fingerprint density at radius 1 is 0.750 bits per heavy atom. The first-order valence-corrected chi connectivity index (χ1v) is 7.85. The van der Waals surface area contributed by atoms with E-state index in [4.69, 9.17) is 0 Å². The number of aromatic nitrogens is 3. The van der Waals surface area contributed by atoms with Crippen molar-refractivity contribution in [2.45, 2.75) is 13.8 Å². The molecule has 0 aliphatic carbocycles. The number of aromatic hydroxyl groups is 1. The van der Waals surface area contributed by atoms with Crippen molar-refractivity contribution in [3.05, 3.63) is 71.8 Å². The molecule has 0 saturated heterocycles. The molecule has 4 aromatic rings. The van der Waals surface area contributed by atoms with Crippen molar-refractivity contribution in [3.63, 3.8) is 0 Å². The molecule has 0 aliphatic heterocycles. The van der Waals surface area contributed by atoms with Gasteiger partial charge in [-0.3, -0.25) is 0 Å². The number of rotatable bonds is 2. The number of phenols is 1. The molecule has 0 aliphatic rings. The molecule has 0 amide bonds. The molecule has 4 heteroatoms. The van der Waals surface area contributed by atoms with Crippen LogP contribution in [-0.2, 0) is 0 Å². The van der Waals surface area contributed by atoms with Gasteiger partial charge in [-0.05, 0) is 49.7 Å². The van der Waals surface area contributed by atoms with Crippen molar-refractivity contribution in [1.29, 1.82) is 0 Å². The number of aryl methyl sites for hydroxylation is 2. The minimum Gasteiger partial charge on any atom is -0.507 e. The lowest BCUT2D eigenvalue weighted by Gasteiger charge is -2.12. The van der Waals surface area contributed by atoms with Crippen LogP contribution in [0.15, 0.2) is 60.7 Å². The molecule has 118 valence electrons. The molecule has 0 atom stereocenters. The van der Waals surface area contributed by atoms with Gasteiger partial charge in [0.1, 0.15) is 16.8 Å². The van der Waals surface area contributed by atoms with Gasteiger partial charge in [0.05, 0.1) is 5.69 Å². The van der Waals surface area contributed by atoms with E-state index in [-0.39, 0.29) is 5.75 Å². The average Bonchev–Trinajstić information content (AvgIpc) is 3.01. The summed E-state index contributed by atoms with van der Waals surface area (Å²) < 4.78 is 0. The summed E-state index contributed by atoms with van der Waals surface area (Å²) in [6, 6.07) is 19.5. The molecule has 24 heavy (non-hydrogen) atoms. The second-order valence-electron chi connectivity index (χ2n) is 6.02. The maximum atomic E-state index is 10.3. The zero-order valence-electron chi connectivity index (χ0n) is 13.6. The van der Waals surface area contributed by atoms with Gasteiger partial charge >= 0.3 is 0 Å². The van der Waals surface area contributed by atoms with E-state index in [0.717, 1.165) is 39.0 Å². The number of nitrogens with zero attached hydrogens (tertiary/aromatic N) is 3. The Kier molecular flexibility index (Phi) is 3.31. The van der Waals surface area contributed by atoms with Gasteiger partial charge in [0.15, 0.2) is 0 Å². The van der Waals surface area contributed by atoms with E-state index in [9.17, 15) is 5.11 Å². The third-order valence-corrected chi connectivity index (χ3v) is 4.10. The summed E-state index contributed by atoms with van der Waals surface area (Å²) in [4.78, 5) is 1.65. The van der Waals surface area contributed by atoms with Gasteiger partial charge < -0.3 is 5.11 Å². The summed E-state index contributed by atoms with van der Waals surface area (Å²) in [5.74, 6) is 0.252. The van der Waals surface area contributed by atoms with Crippen LogP contribution < -0.4 is 0 Å². The second-order valence-corrected chi connectivity index (χ2v) is 6.02. The molecule has 1 aromatic heterocycles. The zero-order valence-corrected chi connectivity index (χ0v) is 13.6. The molecule has 0 spiro atoms. The molecule has 1 heterocycles. The number of hydrogen-bond acceptors (Lipinski definition) is 3. The molecule has 1 N–H and O–H groups in total. The normalized spacial score (nSPS) is 11.1. The monoisotopic (exact) mass is 315 g/mol. The van der Waals surface area contributed by atoms with Gasteiger partial charge in [-0.1, -0.05) is 35.9 Å². The minimum absolute atomic E-state index is 0.252. The maximum absolute atomic E-state index is 10.3. The molecular formula is C20H17N3O. The Morgan fingerprint density at radius 2 is 1.38 bits per heavy atom. The maximum Gasteiger partial charge on any atom is 0.123 e. The quantitative estimate of drug-likeness (QED) is 0.596. The third-order valence-electron chi connectivity index (χ3n) is 4.10. The van der Waals surface area contributed by atoms with Crippen molar-refractivity contribution < 1.29 is 5.11 Å². The van der Waals surface area contributed by atoms with Crippen LogP contribution in [-0.4, -0.2) is 20.1 Å². The minimum atomic E-state index is 0.252. The number of benzene rings is 3. The highest BCUT2D eigenvalue weighted by atomic mass is 16.3. The van der Waals surface area contributed by atoms with Gasteiger partial charge in [-0.2, -0.15) is 0 Å². The topological polar surface area (TPSA) is 50.9 Å². The van der Waals surface area contributed by atoms with Crippen LogP contribution in [0.2, 0.25) is 0 Å². The molecule has 0 radical (unpaired) electrons. The Morgan fingerprint density at radius 3 is 2.08 bits per heavy atom. The van der Waals surface area contributed by atoms with Crippen LogP contribution in [0.25, 0.3) is 27.8 Å². The van der Waals surface area contributed by atoms with E-state index in [1.54, 1.807) is 10.9 Å². The molecular weight excluding hydrogens is 298 g/mol. The van der Waals surface area contributed by atoms with E-state index >= 15 is 0 Å². The Hall–Kier alpha value is -3.14. The lowest BCUT2D eigenvalue weighted by atomic mass is 9.99. The summed E-state index contributed by atoms with van der Waals surface area (Å²) in [5.41, 5.74) is 6.44. The summed E-state index contributed by atoms with van der Waals surface area (Å²) in [7, 11) is 0. The van der Waals surface area contributed by atoms with Gasteiger partial charge in [0, 0.05) is 11.1 Å². The van der Waals surface area contributed by atoms with Crippen molar-refractivity contribution in [1.82, 2.24) is 15.0 Å².